The number of halogens is 1. The molecular formula is C16H19ClN2O. The molecule has 0 aliphatic rings. The fraction of sp³-hybridized carbons (Fsp3) is 0.312. The van der Waals surface area contributed by atoms with Crippen LogP contribution in [0.1, 0.15) is 24.6 Å². The standard InChI is InChI=1S/C16H19ClN2O/c1-2-9-18-11-15-7-4-8-16(19-15)20-12-13-5-3-6-14(17)10-13/h3-8,10,18H,2,9,11-12H2,1H3. The molecule has 2 aromatic rings. The van der Waals surface area contributed by atoms with Crippen LogP contribution in [0, 0.1) is 0 Å². The molecule has 0 bridgehead atoms. The predicted molar refractivity (Wildman–Crippen MR) is 82.0 cm³/mol. The van der Waals surface area contributed by atoms with Gasteiger partial charge in [0.1, 0.15) is 6.61 Å². The highest BCUT2D eigenvalue weighted by Crippen LogP contribution is 2.14. The molecule has 0 spiro atoms. The number of benzene rings is 1. The molecule has 4 heteroatoms. The number of hydrogen-bond acceptors (Lipinski definition) is 3. The molecule has 3 nitrogen and oxygen atoms in total. The summed E-state index contributed by atoms with van der Waals surface area (Å²) in [5, 5.41) is 4.04. The first-order chi connectivity index (χ1) is 9.78. The molecule has 0 amide bonds. The second kappa shape index (κ2) is 7.88. The van der Waals surface area contributed by atoms with E-state index in [1.165, 1.54) is 0 Å². The maximum absolute atomic E-state index is 5.94. The Balaban J connectivity index is 1.91. The number of aromatic nitrogens is 1. The summed E-state index contributed by atoms with van der Waals surface area (Å²) in [5.41, 5.74) is 2.02. The van der Waals surface area contributed by atoms with Gasteiger partial charge in [0.2, 0.25) is 5.88 Å². The van der Waals surface area contributed by atoms with Crippen molar-refractivity contribution in [1.82, 2.24) is 10.3 Å². The van der Waals surface area contributed by atoms with Crippen LogP contribution in [0.5, 0.6) is 5.88 Å². The van der Waals surface area contributed by atoms with E-state index in [9.17, 15) is 0 Å². The minimum Gasteiger partial charge on any atom is -0.473 e. The minimum absolute atomic E-state index is 0.472. The maximum atomic E-state index is 5.94. The molecule has 0 unspecified atom stereocenters. The Labute approximate surface area is 124 Å². The lowest BCUT2D eigenvalue weighted by Crippen LogP contribution is -2.14. The minimum atomic E-state index is 0.472. The van der Waals surface area contributed by atoms with Gasteiger partial charge in [-0.3, -0.25) is 0 Å². The Bertz CT molecular complexity index is 546. The van der Waals surface area contributed by atoms with Crippen molar-refractivity contribution in [3.8, 4) is 5.88 Å². The summed E-state index contributed by atoms with van der Waals surface area (Å²) in [6.45, 7) is 4.38. The lowest BCUT2D eigenvalue weighted by Gasteiger charge is -2.08. The SMILES string of the molecule is CCCNCc1cccc(OCc2cccc(Cl)c2)n1. The van der Waals surface area contributed by atoms with Crippen LogP contribution in [0.2, 0.25) is 5.02 Å². The second-order valence-corrected chi connectivity index (χ2v) is 5.00. The molecular weight excluding hydrogens is 272 g/mol. The lowest BCUT2D eigenvalue weighted by molar-refractivity contribution is 0.293. The van der Waals surface area contributed by atoms with Gasteiger partial charge < -0.3 is 10.1 Å². The Morgan fingerprint density at radius 2 is 2.05 bits per heavy atom. The first-order valence-electron chi connectivity index (χ1n) is 6.82. The largest absolute Gasteiger partial charge is 0.473 e. The van der Waals surface area contributed by atoms with Gasteiger partial charge in [0.15, 0.2) is 0 Å². The molecule has 0 saturated carbocycles. The van der Waals surface area contributed by atoms with Gasteiger partial charge in [-0.1, -0.05) is 36.7 Å². The van der Waals surface area contributed by atoms with Crippen LogP contribution in [0.3, 0.4) is 0 Å². The molecule has 106 valence electrons. The quantitative estimate of drug-likeness (QED) is 0.787. The van der Waals surface area contributed by atoms with Crippen LogP contribution in [0.4, 0.5) is 0 Å². The fourth-order valence-corrected chi connectivity index (χ4v) is 2.03. The predicted octanol–water partition coefficient (Wildman–Crippen LogP) is 3.81. The van der Waals surface area contributed by atoms with Crippen molar-refractivity contribution in [2.45, 2.75) is 26.5 Å². The molecule has 1 aromatic carbocycles. The van der Waals surface area contributed by atoms with E-state index in [1.54, 1.807) is 0 Å². The molecule has 0 radical (unpaired) electrons. The second-order valence-electron chi connectivity index (χ2n) is 4.56. The van der Waals surface area contributed by atoms with Gasteiger partial charge in [0.05, 0.1) is 5.69 Å². The first kappa shape index (κ1) is 14.8. The van der Waals surface area contributed by atoms with Crippen LogP contribution in [-0.4, -0.2) is 11.5 Å². The topological polar surface area (TPSA) is 34.1 Å². The summed E-state index contributed by atoms with van der Waals surface area (Å²) >= 11 is 5.94. The number of nitrogens with one attached hydrogen (secondary N) is 1. The fourth-order valence-electron chi connectivity index (χ4n) is 1.81. The van der Waals surface area contributed by atoms with E-state index in [0.29, 0.717) is 12.5 Å². The smallest absolute Gasteiger partial charge is 0.213 e. The number of nitrogens with zero attached hydrogens (tertiary/aromatic N) is 1. The highest BCUT2D eigenvalue weighted by molar-refractivity contribution is 6.30. The van der Waals surface area contributed by atoms with Crippen molar-refractivity contribution in [3.05, 3.63) is 58.7 Å². The Hall–Kier alpha value is -1.58. The van der Waals surface area contributed by atoms with Crippen molar-refractivity contribution >= 4 is 11.6 Å². The molecule has 0 saturated heterocycles. The molecule has 1 heterocycles. The van der Waals surface area contributed by atoms with Crippen molar-refractivity contribution in [3.63, 3.8) is 0 Å². The molecule has 0 fully saturated rings. The summed E-state index contributed by atoms with van der Waals surface area (Å²) in [7, 11) is 0. The van der Waals surface area contributed by atoms with Crippen molar-refractivity contribution in [2.24, 2.45) is 0 Å². The molecule has 0 aliphatic heterocycles. The monoisotopic (exact) mass is 290 g/mol. The van der Waals surface area contributed by atoms with Gasteiger partial charge in [-0.05, 0) is 36.7 Å². The number of rotatable bonds is 7. The van der Waals surface area contributed by atoms with Crippen LogP contribution in [0.15, 0.2) is 42.5 Å². The summed E-state index contributed by atoms with van der Waals surface area (Å²) in [5.74, 6) is 0.640. The Morgan fingerprint density at radius 1 is 1.20 bits per heavy atom. The van der Waals surface area contributed by atoms with Gasteiger partial charge in [0, 0.05) is 17.6 Å². The van der Waals surface area contributed by atoms with E-state index < -0.39 is 0 Å². The van der Waals surface area contributed by atoms with E-state index in [2.05, 4.69) is 17.2 Å². The lowest BCUT2D eigenvalue weighted by atomic mass is 10.2. The Morgan fingerprint density at radius 3 is 2.85 bits per heavy atom. The maximum Gasteiger partial charge on any atom is 0.213 e. The van der Waals surface area contributed by atoms with Crippen LogP contribution < -0.4 is 10.1 Å². The highest BCUT2D eigenvalue weighted by atomic mass is 35.5. The van der Waals surface area contributed by atoms with E-state index in [1.807, 2.05) is 42.5 Å². The van der Waals surface area contributed by atoms with E-state index in [-0.39, 0.29) is 0 Å². The van der Waals surface area contributed by atoms with Crippen molar-refractivity contribution in [1.29, 1.82) is 0 Å². The molecule has 20 heavy (non-hydrogen) atoms. The Kier molecular flexibility index (Phi) is 5.84. The van der Waals surface area contributed by atoms with Crippen LogP contribution in [-0.2, 0) is 13.2 Å². The molecule has 0 atom stereocenters. The molecule has 1 aromatic heterocycles. The number of ether oxygens (including phenoxy) is 1. The van der Waals surface area contributed by atoms with Crippen LogP contribution in [0.25, 0.3) is 0 Å². The van der Waals surface area contributed by atoms with E-state index in [4.69, 9.17) is 16.3 Å². The summed E-state index contributed by atoms with van der Waals surface area (Å²) in [6.07, 6.45) is 1.12. The van der Waals surface area contributed by atoms with Gasteiger partial charge in [-0.2, -0.15) is 0 Å². The average Bonchev–Trinajstić information content (AvgIpc) is 2.46. The van der Waals surface area contributed by atoms with Gasteiger partial charge in [0.25, 0.3) is 0 Å². The third-order valence-electron chi connectivity index (χ3n) is 2.79. The average molecular weight is 291 g/mol. The van der Waals surface area contributed by atoms with Gasteiger partial charge in [-0.25, -0.2) is 4.98 Å². The summed E-state index contributed by atoms with van der Waals surface area (Å²) in [4.78, 5) is 4.46. The van der Waals surface area contributed by atoms with E-state index >= 15 is 0 Å². The van der Waals surface area contributed by atoms with Crippen molar-refractivity contribution in [2.75, 3.05) is 6.54 Å². The number of pyridine rings is 1. The van der Waals surface area contributed by atoms with E-state index in [0.717, 1.165) is 35.8 Å². The third kappa shape index (κ3) is 4.83. The van der Waals surface area contributed by atoms with Crippen molar-refractivity contribution < 1.29 is 4.74 Å². The molecule has 2 rings (SSSR count). The number of hydrogen-bond donors (Lipinski definition) is 1. The van der Waals surface area contributed by atoms with Gasteiger partial charge in [-0.15, -0.1) is 0 Å². The summed E-state index contributed by atoms with van der Waals surface area (Å²) < 4.78 is 5.70. The molecule has 0 aliphatic carbocycles. The zero-order valence-corrected chi connectivity index (χ0v) is 12.4. The summed E-state index contributed by atoms with van der Waals surface area (Å²) in [6, 6.07) is 13.5. The molecule has 1 N–H and O–H groups in total. The zero-order valence-electron chi connectivity index (χ0n) is 11.6. The first-order valence-corrected chi connectivity index (χ1v) is 7.19. The normalized spacial score (nSPS) is 10.5. The highest BCUT2D eigenvalue weighted by Gasteiger charge is 2.00. The zero-order chi connectivity index (χ0) is 14.2. The van der Waals surface area contributed by atoms with Crippen LogP contribution >= 0.6 is 11.6 Å². The van der Waals surface area contributed by atoms with Gasteiger partial charge >= 0.3 is 0 Å². The third-order valence-corrected chi connectivity index (χ3v) is 3.02.